The van der Waals surface area contributed by atoms with Gasteiger partial charge in [0.15, 0.2) is 0 Å². The lowest BCUT2D eigenvalue weighted by Gasteiger charge is -2.54. The van der Waals surface area contributed by atoms with Crippen LogP contribution in [-0.2, 0) is 67.0 Å². The molecule has 3 heterocycles. The molecule has 3 aliphatic heterocycles. The summed E-state index contributed by atoms with van der Waals surface area (Å²) in [5.74, 6) is -16.4. The number of rotatable bonds is 14. The van der Waals surface area contributed by atoms with Gasteiger partial charge >= 0.3 is 6.18 Å². The maximum absolute atomic E-state index is 15.8. The van der Waals surface area contributed by atoms with Crippen molar-refractivity contribution < 1.29 is 89.0 Å². The first kappa shape index (κ1) is 88.5. The Labute approximate surface area is 646 Å². The van der Waals surface area contributed by atoms with E-state index in [2.05, 4.69) is 16.0 Å². The molecule has 3 N–H and O–H groups in total. The Kier molecular flexibility index (Phi) is 30.0. The average Bonchev–Trinajstić information content (AvgIpc) is 0.890. The molecule has 16 atom stereocenters. The minimum absolute atomic E-state index is 0.000494. The number of carbonyl (C=O) groups excluding carboxylic acids is 12. The van der Waals surface area contributed by atoms with Crippen molar-refractivity contribution in [2.75, 3.05) is 102 Å². The zero-order valence-electron chi connectivity index (χ0n) is 67.6. The van der Waals surface area contributed by atoms with Gasteiger partial charge in [-0.15, -0.1) is 0 Å². The fourth-order valence-corrected chi connectivity index (χ4v) is 19.2. The summed E-state index contributed by atoms with van der Waals surface area (Å²) < 4.78 is 84.8. The van der Waals surface area contributed by atoms with E-state index < -0.39 is 197 Å². The Morgan fingerprint density at radius 1 is 0.691 bits per heavy atom. The SMILES string of the molecule is CCOC[C@H]1C(=O)N[C@@H]([C@@H](C)CC)C(=O)N(C)CC(=O)N(C)[C@H]2C/C=C\CCN(C2=O)[C@@H](CC2CCC3C(CCC3(F)F)C2)C(=O)N(C)CC(=O)N[C@@H](CCC2CCC(C(F)(F)F)C(OC)C2)C(=O)N2C[C@@H](C)C[C@H]2C(=O)NC2(CC(C)(C)C2)C(=O)N(C)[C@@H](C2CCCC2)C(=O)N(C)[C@H](C(=O)N(C)CC)CC(=O)N1C. The monoisotopic (exact) mass is 1560 g/mol. The predicted molar refractivity (Wildman–Crippen MR) is 398 cm³/mol. The third-order valence-electron chi connectivity index (χ3n) is 25.8. The molecule has 26 nitrogen and oxygen atoms in total. The molecule has 0 aromatic heterocycles. The van der Waals surface area contributed by atoms with Gasteiger partial charge in [-0.25, -0.2) is 8.78 Å². The first-order valence-electron chi connectivity index (χ1n) is 40.2. The summed E-state index contributed by atoms with van der Waals surface area (Å²) in [5, 5.41) is 8.78. The standard InChI is InChI=1S/C79H125F5N12O14/c1-16-48(5)65-73(106)90(10)43-64(99)91(11)56-26-20-19-23-35-95(72(56)105)59(38-50-28-30-53-52(37-50)33-34-78(53,80)81)71(104)89(9)42-62(97)85-55(32-29-49-27-31-54(79(82,83)84)61(39-49)109-15)69(102)96-41-47(4)36-57(96)68(101)87-77(45-76(6,7)46-77)75(108)94(14)66(51-24-21-22-25-51)74(107)93(13)58(70(103)88(8)17-2)40-63(98)92(12)60(44-110-18-3)67(100)86-65/h19-20,47-61,65-66H,16-18,21-46H2,1-15H3,(H,85,97)(H,86,100)(H,87,101)/b20-19-/t47-,48-,49?,50?,52?,53?,54?,55-,56-,57-,58-,59-,60-,61?,65-,66-/m0/s1. The molecule has 0 radical (unpaired) electrons. The minimum atomic E-state index is -4.54. The summed E-state index contributed by atoms with van der Waals surface area (Å²) in [7, 11) is 11.0. The van der Waals surface area contributed by atoms with E-state index in [1.165, 1.54) is 85.8 Å². The maximum Gasteiger partial charge on any atom is 0.394 e. The zero-order valence-corrected chi connectivity index (χ0v) is 67.6. The van der Waals surface area contributed by atoms with Crippen LogP contribution in [0.1, 0.15) is 190 Å². The van der Waals surface area contributed by atoms with Crippen LogP contribution in [0.4, 0.5) is 22.0 Å². The van der Waals surface area contributed by atoms with Crippen molar-refractivity contribution in [3.63, 3.8) is 0 Å². The second kappa shape index (κ2) is 37.3. The van der Waals surface area contributed by atoms with Gasteiger partial charge < -0.3 is 69.5 Å². The molecule has 5 aliphatic carbocycles. The maximum atomic E-state index is 15.8. The third-order valence-corrected chi connectivity index (χ3v) is 25.8. The lowest BCUT2D eigenvalue weighted by molar-refractivity contribution is -0.215. The highest BCUT2D eigenvalue weighted by molar-refractivity contribution is 6.01. The zero-order chi connectivity index (χ0) is 81.4. The van der Waals surface area contributed by atoms with Crippen molar-refractivity contribution in [2.45, 2.75) is 262 Å². The molecule has 110 heavy (non-hydrogen) atoms. The van der Waals surface area contributed by atoms with Crippen LogP contribution in [0.5, 0.6) is 0 Å². The molecular weight excluding hydrogens is 1440 g/mol. The van der Waals surface area contributed by atoms with Crippen molar-refractivity contribution in [1.82, 2.24) is 60.0 Å². The number of nitrogens with one attached hydrogen (secondary N) is 3. The van der Waals surface area contributed by atoms with Gasteiger partial charge in [-0.3, -0.25) is 57.5 Å². The first-order chi connectivity index (χ1) is 51.6. The van der Waals surface area contributed by atoms with Gasteiger partial charge in [0.2, 0.25) is 70.9 Å². The van der Waals surface area contributed by atoms with Gasteiger partial charge in [0, 0.05) is 95.0 Å². The highest BCUT2D eigenvalue weighted by atomic mass is 19.4. The lowest BCUT2D eigenvalue weighted by atomic mass is 9.58. The third kappa shape index (κ3) is 20.5. The second-order valence-electron chi connectivity index (χ2n) is 34.2. The molecule has 1 spiro atoms. The predicted octanol–water partition coefficient (Wildman–Crippen LogP) is 6.42. The summed E-state index contributed by atoms with van der Waals surface area (Å²) in [6, 6.07) is -10.7. The van der Waals surface area contributed by atoms with E-state index in [0.29, 0.717) is 44.9 Å². The van der Waals surface area contributed by atoms with Gasteiger partial charge in [-0.05, 0) is 164 Å². The van der Waals surface area contributed by atoms with Crippen LogP contribution < -0.4 is 16.0 Å². The number of halogens is 5. The number of ether oxygens (including phenoxy) is 2. The van der Waals surface area contributed by atoms with Gasteiger partial charge in [0.05, 0.1) is 38.1 Å². The fourth-order valence-electron chi connectivity index (χ4n) is 19.2. The molecule has 2 bridgehead atoms. The number of hydrogen-bond donors (Lipinski definition) is 3. The van der Waals surface area contributed by atoms with Crippen LogP contribution in [0.3, 0.4) is 0 Å². The molecule has 6 unspecified atom stereocenters. The van der Waals surface area contributed by atoms with Gasteiger partial charge in [-0.1, -0.05) is 66.0 Å². The van der Waals surface area contributed by atoms with E-state index in [1.807, 2.05) is 20.8 Å². The normalized spacial score (nSPS) is 32.9. The molecule has 31 heteroatoms. The number of hydrogen-bond acceptors (Lipinski definition) is 14. The molecule has 7 fully saturated rings. The molecule has 12 amide bonds. The van der Waals surface area contributed by atoms with E-state index in [4.69, 9.17) is 9.47 Å². The summed E-state index contributed by atoms with van der Waals surface area (Å²) in [6.45, 7) is 11.1. The molecular formula is C79H125F5N12O14. The Morgan fingerprint density at radius 3 is 1.98 bits per heavy atom. The Bertz CT molecular complexity index is 3350. The van der Waals surface area contributed by atoms with Gasteiger partial charge in [0.25, 0.3) is 5.92 Å². The molecule has 2 saturated heterocycles. The van der Waals surface area contributed by atoms with Crippen molar-refractivity contribution in [3.8, 4) is 0 Å². The highest BCUT2D eigenvalue weighted by Gasteiger charge is 2.60. The number of amides is 12. The number of fused-ring (bicyclic) bond motifs is 4. The number of likely N-dealkylation sites (N-methyl/N-ethyl adjacent to an activating group) is 7. The largest absolute Gasteiger partial charge is 0.394 e. The van der Waals surface area contributed by atoms with E-state index >= 15 is 42.3 Å². The average molecular weight is 1560 g/mol. The minimum Gasteiger partial charge on any atom is -0.381 e. The number of methoxy groups -OCH3 is 1. The van der Waals surface area contributed by atoms with Crippen LogP contribution >= 0.6 is 0 Å². The highest BCUT2D eigenvalue weighted by Crippen LogP contribution is 2.54. The molecule has 620 valence electrons. The number of alkyl halides is 5. The Morgan fingerprint density at radius 2 is 1.35 bits per heavy atom. The second-order valence-corrected chi connectivity index (χ2v) is 34.2. The smallest absolute Gasteiger partial charge is 0.381 e. The first-order valence-corrected chi connectivity index (χ1v) is 40.2. The lowest BCUT2D eigenvalue weighted by Crippen LogP contribution is -2.71. The van der Waals surface area contributed by atoms with Crippen molar-refractivity contribution >= 4 is 70.9 Å². The van der Waals surface area contributed by atoms with E-state index in [9.17, 15) is 37.1 Å². The van der Waals surface area contributed by atoms with E-state index in [1.54, 1.807) is 39.8 Å². The van der Waals surface area contributed by atoms with Crippen LogP contribution in [0.15, 0.2) is 12.2 Å². The van der Waals surface area contributed by atoms with Crippen molar-refractivity contribution in [1.29, 1.82) is 0 Å². The molecule has 5 saturated carbocycles. The van der Waals surface area contributed by atoms with E-state index in [0.717, 1.165) is 14.7 Å². The Hall–Kier alpha value is -7.05. The summed E-state index contributed by atoms with van der Waals surface area (Å²) in [6.07, 6.45) is 1.12. The quantitative estimate of drug-likeness (QED) is 0.125. The van der Waals surface area contributed by atoms with Crippen molar-refractivity contribution in [3.05, 3.63) is 12.2 Å². The van der Waals surface area contributed by atoms with E-state index in [-0.39, 0.29) is 140 Å². The van der Waals surface area contributed by atoms with Crippen LogP contribution in [0, 0.1) is 52.8 Å². The molecule has 0 aromatic rings. The number of nitrogens with zero attached hydrogens (tertiary/aromatic N) is 9. The van der Waals surface area contributed by atoms with Crippen LogP contribution in [0.25, 0.3) is 0 Å². The summed E-state index contributed by atoms with van der Waals surface area (Å²) in [4.78, 5) is 194. The summed E-state index contributed by atoms with van der Waals surface area (Å²) >= 11 is 0. The van der Waals surface area contributed by atoms with Gasteiger partial charge in [-0.2, -0.15) is 13.2 Å². The number of carbonyl (C=O) groups is 12. The molecule has 0 aromatic carbocycles. The van der Waals surface area contributed by atoms with Crippen molar-refractivity contribution in [2.24, 2.45) is 52.8 Å². The van der Waals surface area contributed by atoms with Crippen LogP contribution in [-0.4, -0.2) is 289 Å². The summed E-state index contributed by atoms with van der Waals surface area (Å²) in [5.41, 5.74) is -2.18. The fraction of sp³-hybridized carbons (Fsp3) is 0.823. The van der Waals surface area contributed by atoms with Crippen LogP contribution in [0.2, 0.25) is 0 Å². The topological polar surface area (TPSA) is 289 Å². The molecule has 8 rings (SSSR count). The van der Waals surface area contributed by atoms with Gasteiger partial charge in [0.1, 0.15) is 53.9 Å². The molecule has 8 aliphatic rings. The Balaban J connectivity index is 1.21.